The van der Waals surface area contributed by atoms with Gasteiger partial charge in [0.05, 0.1) is 12.6 Å². The Hall–Kier alpha value is -1.76. The largest absolute Gasteiger partial charge is 0.455 e. The van der Waals surface area contributed by atoms with Crippen LogP contribution in [0.1, 0.15) is 37.7 Å². The topological polar surface area (TPSA) is 53.7 Å². The standard InChI is InChI=1S/C16H20F3NO3/c1-3-15(22)20(11-4-6-13(21)10(2)8-11)9-12-5-7-14(23-12)16(17,18)19/h3,5,7,10-11,13,21H,1,4,6,8-9H2,2H3. The number of nitrogens with zero attached hydrogens (tertiary/aromatic N) is 1. The van der Waals surface area contributed by atoms with Gasteiger partial charge in [-0.25, -0.2) is 0 Å². The molecule has 7 heteroatoms. The van der Waals surface area contributed by atoms with Crippen LogP contribution < -0.4 is 0 Å². The second-order valence-corrected chi connectivity index (χ2v) is 5.95. The minimum absolute atomic E-state index is 0.0243. The quantitative estimate of drug-likeness (QED) is 0.861. The molecule has 2 rings (SSSR count). The second-order valence-electron chi connectivity index (χ2n) is 5.95. The zero-order valence-electron chi connectivity index (χ0n) is 12.8. The van der Waals surface area contributed by atoms with E-state index < -0.39 is 18.0 Å². The number of carbonyl (C=O) groups excluding carboxylic acids is 1. The highest BCUT2D eigenvalue weighted by atomic mass is 19.4. The van der Waals surface area contributed by atoms with Gasteiger partial charge in [-0.3, -0.25) is 4.79 Å². The molecule has 0 aromatic carbocycles. The summed E-state index contributed by atoms with van der Waals surface area (Å²) in [6.07, 6.45) is -2.07. The molecule has 1 aliphatic rings. The van der Waals surface area contributed by atoms with E-state index in [1.165, 1.54) is 11.0 Å². The van der Waals surface area contributed by atoms with Crippen molar-refractivity contribution < 1.29 is 27.5 Å². The van der Waals surface area contributed by atoms with Crippen LogP contribution in [0.5, 0.6) is 0 Å². The fraction of sp³-hybridized carbons (Fsp3) is 0.562. The predicted molar refractivity (Wildman–Crippen MR) is 77.3 cm³/mol. The van der Waals surface area contributed by atoms with Gasteiger partial charge in [0.2, 0.25) is 11.7 Å². The molecule has 0 bridgehead atoms. The molecular weight excluding hydrogens is 311 g/mol. The highest BCUT2D eigenvalue weighted by molar-refractivity contribution is 5.87. The average Bonchev–Trinajstić information content (AvgIpc) is 2.96. The van der Waals surface area contributed by atoms with Crippen LogP contribution in [0.25, 0.3) is 0 Å². The molecule has 3 atom stereocenters. The van der Waals surface area contributed by atoms with E-state index in [1.54, 1.807) is 0 Å². The van der Waals surface area contributed by atoms with Crippen LogP contribution in [-0.2, 0) is 17.5 Å². The van der Waals surface area contributed by atoms with Crippen molar-refractivity contribution in [3.05, 3.63) is 36.3 Å². The Labute approximate surface area is 132 Å². The maximum atomic E-state index is 12.6. The van der Waals surface area contributed by atoms with E-state index in [-0.39, 0.29) is 30.2 Å². The van der Waals surface area contributed by atoms with E-state index in [1.807, 2.05) is 6.92 Å². The van der Waals surface area contributed by atoms with Gasteiger partial charge in [-0.15, -0.1) is 0 Å². The van der Waals surface area contributed by atoms with Crippen molar-refractivity contribution in [3.63, 3.8) is 0 Å². The van der Waals surface area contributed by atoms with Crippen molar-refractivity contribution >= 4 is 5.91 Å². The summed E-state index contributed by atoms with van der Waals surface area (Å²) in [4.78, 5) is 13.6. The van der Waals surface area contributed by atoms with Gasteiger partial charge >= 0.3 is 6.18 Å². The molecule has 1 N–H and O–H groups in total. The number of amides is 1. The van der Waals surface area contributed by atoms with E-state index in [9.17, 15) is 23.1 Å². The first-order valence-electron chi connectivity index (χ1n) is 7.49. The first-order valence-corrected chi connectivity index (χ1v) is 7.49. The van der Waals surface area contributed by atoms with Gasteiger partial charge < -0.3 is 14.4 Å². The molecule has 1 fully saturated rings. The Kier molecular flexibility index (Phi) is 5.19. The zero-order valence-corrected chi connectivity index (χ0v) is 12.8. The minimum Gasteiger partial charge on any atom is -0.455 e. The number of furan rings is 1. The van der Waals surface area contributed by atoms with Crippen molar-refractivity contribution in [2.45, 2.75) is 51.1 Å². The molecule has 1 saturated carbocycles. The molecule has 23 heavy (non-hydrogen) atoms. The molecule has 0 aliphatic heterocycles. The van der Waals surface area contributed by atoms with E-state index in [0.29, 0.717) is 19.3 Å². The fourth-order valence-electron chi connectivity index (χ4n) is 2.92. The first kappa shape index (κ1) is 17.6. The summed E-state index contributed by atoms with van der Waals surface area (Å²) in [5.41, 5.74) is 0. The number of alkyl halides is 3. The summed E-state index contributed by atoms with van der Waals surface area (Å²) in [7, 11) is 0. The van der Waals surface area contributed by atoms with Gasteiger partial charge in [0.1, 0.15) is 5.76 Å². The molecular formula is C16H20F3NO3. The third-order valence-electron chi connectivity index (χ3n) is 4.26. The van der Waals surface area contributed by atoms with Crippen molar-refractivity contribution in [2.75, 3.05) is 0 Å². The molecule has 1 amide bonds. The lowest BCUT2D eigenvalue weighted by molar-refractivity contribution is -0.153. The van der Waals surface area contributed by atoms with Crippen molar-refractivity contribution in [1.29, 1.82) is 0 Å². The predicted octanol–water partition coefficient (Wildman–Crippen LogP) is 3.36. The van der Waals surface area contributed by atoms with Crippen LogP contribution in [0.4, 0.5) is 13.2 Å². The number of carbonyl (C=O) groups is 1. The number of aliphatic hydroxyl groups is 1. The summed E-state index contributed by atoms with van der Waals surface area (Å²) >= 11 is 0. The lowest BCUT2D eigenvalue weighted by Crippen LogP contribution is -2.44. The number of aliphatic hydroxyl groups excluding tert-OH is 1. The van der Waals surface area contributed by atoms with Crippen molar-refractivity contribution in [3.8, 4) is 0 Å². The summed E-state index contributed by atoms with van der Waals surface area (Å²) in [6, 6.07) is 1.94. The monoisotopic (exact) mass is 331 g/mol. The molecule has 1 aromatic rings. The highest BCUT2D eigenvalue weighted by Crippen LogP contribution is 2.32. The number of rotatable bonds is 4. The summed E-state index contributed by atoms with van der Waals surface area (Å²) in [6.45, 7) is 5.29. The Bertz CT molecular complexity index is 567. The first-order chi connectivity index (χ1) is 10.7. The van der Waals surface area contributed by atoms with Crippen LogP contribution in [0.15, 0.2) is 29.2 Å². The Balaban J connectivity index is 2.15. The van der Waals surface area contributed by atoms with E-state index >= 15 is 0 Å². The molecule has 0 radical (unpaired) electrons. The molecule has 128 valence electrons. The maximum Gasteiger partial charge on any atom is 0.449 e. The summed E-state index contributed by atoms with van der Waals surface area (Å²) < 4.78 is 42.6. The van der Waals surface area contributed by atoms with Crippen LogP contribution in [0.3, 0.4) is 0 Å². The van der Waals surface area contributed by atoms with Gasteiger partial charge in [0, 0.05) is 6.04 Å². The molecule has 0 saturated heterocycles. The Morgan fingerprint density at radius 3 is 2.70 bits per heavy atom. The molecule has 4 nitrogen and oxygen atoms in total. The number of hydrogen-bond donors (Lipinski definition) is 1. The van der Waals surface area contributed by atoms with E-state index in [0.717, 1.165) is 12.1 Å². The molecule has 1 aromatic heterocycles. The van der Waals surface area contributed by atoms with Gasteiger partial charge in [0.25, 0.3) is 0 Å². The Morgan fingerprint density at radius 2 is 2.17 bits per heavy atom. The average molecular weight is 331 g/mol. The van der Waals surface area contributed by atoms with Gasteiger partial charge in [0.15, 0.2) is 0 Å². The number of halogens is 3. The maximum absolute atomic E-state index is 12.6. The third-order valence-corrected chi connectivity index (χ3v) is 4.26. The summed E-state index contributed by atoms with van der Waals surface area (Å²) in [5, 5.41) is 9.79. The van der Waals surface area contributed by atoms with Gasteiger partial charge in [-0.05, 0) is 43.4 Å². The third kappa shape index (κ3) is 4.16. The van der Waals surface area contributed by atoms with Crippen molar-refractivity contribution in [1.82, 2.24) is 4.90 Å². The lowest BCUT2D eigenvalue weighted by Gasteiger charge is -2.38. The van der Waals surface area contributed by atoms with Crippen LogP contribution in [-0.4, -0.2) is 28.1 Å². The van der Waals surface area contributed by atoms with Gasteiger partial charge in [-0.2, -0.15) is 13.2 Å². The van der Waals surface area contributed by atoms with Crippen LogP contribution >= 0.6 is 0 Å². The molecule has 3 unspecified atom stereocenters. The molecule has 0 spiro atoms. The highest BCUT2D eigenvalue weighted by Gasteiger charge is 2.36. The number of hydrogen-bond acceptors (Lipinski definition) is 3. The Morgan fingerprint density at radius 1 is 1.48 bits per heavy atom. The second kappa shape index (κ2) is 6.78. The molecule has 1 aliphatic carbocycles. The molecule has 1 heterocycles. The smallest absolute Gasteiger partial charge is 0.449 e. The summed E-state index contributed by atoms with van der Waals surface area (Å²) in [5.74, 6) is -1.34. The van der Waals surface area contributed by atoms with Crippen LogP contribution in [0, 0.1) is 5.92 Å². The lowest BCUT2D eigenvalue weighted by atomic mass is 9.83. The SMILES string of the molecule is C=CC(=O)N(Cc1ccc(C(F)(F)F)o1)C1CCC(O)C(C)C1. The normalized spacial score (nSPS) is 25.2. The van der Waals surface area contributed by atoms with Crippen LogP contribution in [0.2, 0.25) is 0 Å². The zero-order chi connectivity index (χ0) is 17.2. The van der Waals surface area contributed by atoms with E-state index in [4.69, 9.17) is 4.42 Å². The minimum atomic E-state index is -4.55. The van der Waals surface area contributed by atoms with Crippen molar-refractivity contribution in [2.24, 2.45) is 5.92 Å². The fourth-order valence-corrected chi connectivity index (χ4v) is 2.92. The van der Waals surface area contributed by atoms with E-state index in [2.05, 4.69) is 6.58 Å². The van der Waals surface area contributed by atoms with Gasteiger partial charge in [-0.1, -0.05) is 13.5 Å².